The van der Waals surface area contributed by atoms with Crippen LogP contribution in [0.15, 0.2) is 23.1 Å². The van der Waals surface area contributed by atoms with Crippen molar-refractivity contribution in [2.45, 2.75) is 37.7 Å². The van der Waals surface area contributed by atoms with E-state index >= 15 is 0 Å². The van der Waals surface area contributed by atoms with Crippen LogP contribution in [0, 0.1) is 0 Å². The van der Waals surface area contributed by atoms with Crippen LogP contribution in [0.5, 0.6) is 5.75 Å². The maximum atomic E-state index is 11.7. The Morgan fingerprint density at radius 1 is 1.40 bits per heavy atom. The second-order valence-corrected chi connectivity index (χ2v) is 6.84. The third kappa shape index (κ3) is 4.68. The molecule has 1 atom stereocenters. The Kier molecular flexibility index (Phi) is 5.83. The maximum absolute atomic E-state index is 11.7. The summed E-state index contributed by atoms with van der Waals surface area (Å²) in [6, 6.07) is 4.38. The summed E-state index contributed by atoms with van der Waals surface area (Å²) in [6.07, 6.45) is 0.528. The van der Waals surface area contributed by atoms with Crippen molar-refractivity contribution in [3.8, 4) is 5.75 Å². The standard InChI is InChI=1S/C13H17ClO5S/c1-4-9(2)19-13(15)8-10-5-6-11(18-3)12(7-10)20(14,16)17/h5-7,9H,4,8H2,1-3H3. The highest BCUT2D eigenvalue weighted by molar-refractivity contribution is 8.13. The van der Waals surface area contributed by atoms with E-state index in [2.05, 4.69) is 0 Å². The molecule has 0 saturated heterocycles. The molecule has 7 heteroatoms. The Morgan fingerprint density at radius 2 is 2.05 bits per heavy atom. The Labute approximate surface area is 123 Å². The second-order valence-electron chi connectivity index (χ2n) is 4.31. The molecule has 1 unspecified atom stereocenters. The molecule has 0 fully saturated rings. The Morgan fingerprint density at radius 3 is 2.55 bits per heavy atom. The van der Waals surface area contributed by atoms with Crippen molar-refractivity contribution in [1.29, 1.82) is 0 Å². The van der Waals surface area contributed by atoms with Gasteiger partial charge in [-0.3, -0.25) is 4.79 Å². The zero-order valence-corrected chi connectivity index (χ0v) is 13.1. The molecule has 5 nitrogen and oxygen atoms in total. The fraction of sp³-hybridized carbons (Fsp3) is 0.462. The van der Waals surface area contributed by atoms with Crippen molar-refractivity contribution >= 4 is 25.7 Å². The van der Waals surface area contributed by atoms with E-state index in [1.807, 2.05) is 6.92 Å². The molecule has 0 aliphatic carbocycles. The second kappa shape index (κ2) is 6.95. The minimum atomic E-state index is -3.94. The summed E-state index contributed by atoms with van der Waals surface area (Å²) in [5.74, 6) is -0.276. The lowest BCUT2D eigenvalue weighted by molar-refractivity contribution is -0.147. The first-order valence-electron chi connectivity index (χ1n) is 6.09. The van der Waals surface area contributed by atoms with Gasteiger partial charge < -0.3 is 9.47 Å². The lowest BCUT2D eigenvalue weighted by atomic mass is 10.1. The van der Waals surface area contributed by atoms with Gasteiger partial charge in [-0.1, -0.05) is 13.0 Å². The van der Waals surface area contributed by atoms with Crippen molar-refractivity contribution in [3.63, 3.8) is 0 Å². The quantitative estimate of drug-likeness (QED) is 0.595. The lowest BCUT2D eigenvalue weighted by Crippen LogP contribution is -2.15. The van der Waals surface area contributed by atoms with Crippen LogP contribution in [0.3, 0.4) is 0 Å². The minimum absolute atomic E-state index is 0.0201. The molecule has 0 aliphatic rings. The van der Waals surface area contributed by atoms with E-state index in [-0.39, 0.29) is 23.2 Å². The number of carbonyl (C=O) groups is 1. The molecule has 0 bridgehead atoms. The predicted molar refractivity (Wildman–Crippen MR) is 75.6 cm³/mol. The van der Waals surface area contributed by atoms with Gasteiger partial charge in [0.1, 0.15) is 10.6 Å². The monoisotopic (exact) mass is 320 g/mol. The molecular weight excluding hydrogens is 304 g/mol. The molecule has 0 amide bonds. The molecular formula is C13H17ClO5S. The fourth-order valence-corrected chi connectivity index (χ4v) is 2.58. The van der Waals surface area contributed by atoms with E-state index in [9.17, 15) is 13.2 Å². The Balaban J connectivity index is 2.96. The van der Waals surface area contributed by atoms with Crippen molar-refractivity contribution in [3.05, 3.63) is 23.8 Å². The van der Waals surface area contributed by atoms with Crippen LogP contribution in [0.25, 0.3) is 0 Å². The molecule has 0 radical (unpaired) electrons. The maximum Gasteiger partial charge on any atom is 0.310 e. The summed E-state index contributed by atoms with van der Waals surface area (Å²) in [6.45, 7) is 3.70. The van der Waals surface area contributed by atoms with E-state index in [0.29, 0.717) is 5.56 Å². The number of benzene rings is 1. The van der Waals surface area contributed by atoms with Gasteiger partial charge in [0.05, 0.1) is 19.6 Å². The average molecular weight is 321 g/mol. The van der Waals surface area contributed by atoms with Gasteiger partial charge in [0.2, 0.25) is 0 Å². The topological polar surface area (TPSA) is 69.7 Å². The van der Waals surface area contributed by atoms with E-state index in [4.69, 9.17) is 20.2 Å². The number of halogens is 1. The molecule has 0 aromatic heterocycles. The predicted octanol–water partition coefficient (Wildman–Crippen LogP) is 2.51. The van der Waals surface area contributed by atoms with Gasteiger partial charge in [0.15, 0.2) is 0 Å². The first-order valence-corrected chi connectivity index (χ1v) is 8.40. The zero-order chi connectivity index (χ0) is 15.3. The first kappa shape index (κ1) is 16.8. The lowest BCUT2D eigenvalue weighted by Gasteiger charge is -2.12. The SMILES string of the molecule is CCC(C)OC(=O)Cc1ccc(OC)c(S(=O)(=O)Cl)c1. The van der Waals surface area contributed by atoms with Crippen LogP contribution >= 0.6 is 10.7 Å². The number of hydrogen-bond donors (Lipinski definition) is 0. The summed E-state index contributed by atoms with van der Waals surface area (Å²) in [4.78, 5) is 11.5. The molecule has 1 aromatic rings. The van der Waals surface area contributed by atoms with Gasteiger partial charge in [-0.15, -0.1) is 0 Å². The molecule has 0 heterocycles. The third-order valence-corrected chi connectivity index (χ3v) is 4.09. The van der Waals surface area contributed by atoms with Crippen LogP contribution in [-0.4, -0.2) is 27.6 Å². The van der Waals surface area contributed by atoms with Gasteiger partial charge in [0, 0.05) is 10.7 Å². The summed E-state index contributed by atoms with van der Waals surface area (Å²) in [5.41, 5.74) is 0.498. The Hall–Kier alpha value is -1.27. The van der Waals surface area contributed by atoms with Crippen LogP contribution < -0.4 is 4.74 Å². The average Bonchev–Trinajstić information content (AvgIpc) is 2.37. The molecule has 20 heavy (non-hydrogen) atoms. The van der Waals surface area contributed by atoms with E-state index in [0.717, 1.165) is 6.42 Å². The van der Waals surface area contributed by atoms with E-state index in [1.165, 1.54) is 19.2 Å². The number of rotatable bonds is 6. The van der Waals surface area contributed by atoms with Gasteiger partial charge in [0.25, 0.3) is 9.05 Å². The van der Waals surface area contributed by atoms with Gasteiger partial charge in [-0.2, -0.15) is 0 Å². The molecule has 112 valence electrons. The molecule has 0 spiro atoms. The number of ether oxygens (including phenoxy) is 2. The molecule has 0 aliphatic heterocycles. The van der Waals surface area contributed by atoms with Crippen molar-refractivity contribution in [1.82, 2.24) is 0 Å². The molecule has 0 N–H and O–H groups in total. The number of carbonyl (C=O) groups excluding carboxylic acids is 1. The van der Waals surface area contributed by atoms with Gasteiger partial charge in [-0.05, 0) is 31.0 Å². The molecule has 0 saturated carbocycles. The number of esters is 1. The normalized spacial score (nSPS) is 12.8. The first-order chi connectivity index (χ1) is 9.27. The largest absolute Gasteiger partial charge is 0.495 e. The number of hydrogen-bond acceptors (Lipinski definition) is 5. The summed E-state index contributed by atoms with van der Waals surface area (Å²) in [5, 5.41) is 0. The fourth-order valence-electron chi connectivity index (χ4n) is 1.54. The zero-order valence-electron chi connectivity index (χ0n) is 11.6. The van der Waals surface area contributed by atoms with Crippen molar-refractivity contribution < 1.29 is 22.7 Å². The highest BCUT2D eigenvalue weighted by atomic mass is 35.7. The van der Waals surface area contributed by atoms with Gasteiger partial charge in [-0.25, -0.2) is 8.42 Å². The summed E-state index contributed by atoms with van der Waals surface area (Å²) >= 11 is 0. The summed E-state index contributed by atoms with van der Waals surface area (Å²) < 4.78 is 33.0. The molecule has 1 aromatic carbocycles. The summed E-state index contributed by atoms with van der Waals surface area (Å²) in [7, 11) is 2.74. The highest BCUT2D eigenvalue weighted by Gasteiger charge is 2.18. The number of methoxy groups -OCH3 is 1. The molecule has 1 rings (SSSR count). The van der Waals surface area contributed by atoms with E-state index < -0.39 is 15.0 Å². The highest BCUT2D eigenvalue weighted by Crippen LogP contribution is 2.28. The van der Waals surface area contributed by atoms with Crippen LogP contribution in [0.2, 0.25) is 0 Å². The minimum Gasteiger partial charge on any atom is -0.495 e. The van der Waals surface area contributed by atoms with Crippen molar-refractivity contribution in [2.75, 3.05) is 7.11 Å². The van der Waals surface area contributed by atoms with Crippen LogP contribution in [-0.2, 0) is 25.0 Å². The van der Waals surface area contributed by atoms with E-state index in [1.54, 1.807) is 13.0 Å². The van der Waals surface area contributed by atoms with Crippen LogP contribution in [0.4, 0.5) is 0 Å². The van der Waals surface area contributed by atoms with Gasteiger partial charge >= 0.3 is 5.97 Å². The smallest absolute Gasteiger partial charge is 0.310 e. The Bertz CT molecular complexity index is 582. The van der Waals surface area contributed by atoms with Crippen molar-refractivity contribution in [2.24, 2.45) is 0 Å². The third-order valence-electron chi connectivity index (χ3n) is 2.75. The van der Waals surface area contributed by atoms with Crippen LogP contribution in [0.1, 0.15) is 25.8 Å².